The first kappa shape index (κ1) is 95.7. The van der Waals surface area contributed by atoms with Crippen molar-refractivity contribution in [3.8, 4) is 0 Å². The Morgan fingerprint density at radius 2 is 0.765 bits per heavy atom. The highest BCUT2D eigenvalue weighted by Gasteiger charge is 2.40. The summed E-state index contributed by atoms with van der Waals surface area (Å²) in [7, 11) is 0. The molecule has 0 atom stereocenters. The minimum absolute atomic E-state index is 0.0196. The number of allylic oxidation sites excluding steroid dienone is 1. The summed E-state index contributed by atoms with van der Waals surface area (Å²) in [4.78, 5) is 85.5. The van der Waals surface area contributed by atoms with E-state index in [2.05, 4.69) is 113 Å². The van der Waals surface area contributed by atoms with Crippen LogP contribution in [0.4, 0.5) is 94.8 Å². The molecule has 132 heavy (non-hydrogen) atoms. The zero-order valence-corrected chi connectivity index (χ0v) is 73.0. The minimum atomic E-state index is -4.57. The predicted molar refractivity (Wildman–Crippen MR) is 476 cm³/mol. The Hall–Kier alpha value is -13.9. The molecule has 3 amide bonds. The SMILES string of the molecule is C=C(N)Cc1ccc(CNc2ncnc(N(Cc3ccc(C(F)(F)F)nn3)C3CC3)c2F)cc1.CC(C)c1ccc(CN(c2ncnc(NCc3ccc(CC(N)=O)cc3)c2F)C2CC2)cn1.CC(F)(F)c1ccc(CN(c2ncnc(NCC3CC(C(N)=O)C3)c2F)C2CC2)cc1.CC(F)(F)c1ncc(CN(c2ncnc(NCc3ccc(CC(N)=O)cc3)c2F)C2CC2)cn1. The highest BCUT2D eigenvalue weighted by molar-refractivity contribution is 5.78. The third-order valence-electron chi connectivity index (χ3n) is 22.4. The summed E-state index contributed by atoms with van der Waals surface area (Å²) < 4.78 is 153. The smallest absolute Gasteiger partial charge is 0.402 e. The molecule has 0 spiro atoms. The number of hydrogen-bond donors (Lipinski definition) is 8. The van der Waals surface area contributed by atoms with E-state index in [1.54, 1.807) is 34.1 Å². The molecule has 694 valence electrons. The van der Waals surface area contributed by atoms with Gasteiger partial charge in [-0.15, -0.1) is 5.10 Å². The maximum absolute atomic E-state index is 15.4. The number of nitrogens with one attached hydrogen (secondary N) is 4. The lowest BCUT2D eigenvalue weighted by molar-refractivity contribution is -0.141. The molecule has 5 aliphatic rings. The molecule has 5 fully saturated rings. The number of anilines is 8. The third kappa shape index (κ3) is 27.1. The molecule has 11 aromatic rings. The van der Waals surface area contributed by atoms with Crippen LogP contribution in [0.3, 0.4) is 0 Å². The van der Waals surface area contributed by atoms with Crippen molar-refractivity contribution in [1.29, 1.82) is 0 Å². The Kier molecular flexibility index (Phi) is 31.0. The lowest BCUT2D eigenvalue weighted by Gasteiger charge is -2.33. The molecule has 0 radical (unpaired) electrons. The Morgan fingerprint density at radius 1 is 0.409 bits per heavy atom. The van der Waals surface area contributed by atoms with Gasteiger partial charge in [-0.25, -0.2) is 58.6 Å². The molecule has 16 rings (SSSR count). The van der Waals surface area contributed by atoms with Gasteiger partial charge in [0, 0.05) is 137 Å². The Balaban J connectivity index is 0.000000150. The molecular weight excluding hydrogens is 1720 g/mol. The molecule has 39 heteroatoms. The average molecular weight is 1830 g/mol. The van der Waals surface area contributed by atoms with Gasteiger partial charge in [0.15, 0.2) is 58.1 Å². The van der Waals surface area contributed by atoms with E-state index >= 15 is 17.6 Å². The second kappa shape index (κ2) is 42.8. The summed E-state index contributed by atoms with van der Waals surface area (Å²) >= 11 is 0. The van der Waals surface area contributed by atoms with E-state index in [0.29, 0.717) is 81.5 Å². The lowest BCUT2D eigenvalue weighted by atomic mass is 9.74. The molecule has 0 aliphatic heterocycles. The van der Waals surface area contributed by atoms with Gasteiger partial charge in [-0.2, -0.15) is 44.6 Å². The highest BCUT2D eigenvalue weighted by Crippen LogP contribution is 2.41. The number of alkyl halides is 7. The van der Waals surface area contributed by atoms with Gasteiger partial charge in [0.1, 0.15) is 25.3 Å². The molecule has 5 aliphatic carbocycles. The summed E-state index contributed by atoms with van der Waals surface area (Å²) in [5.74, 6) is -8.27. The Morgan fingerprint density at radius 3 is 1.10 bits per heavy atom. The van der Waals surface area contributed by atoms with Crippen LogP contribution in [0.25, 0.3) is 0 Å². The highest BCUT2D eigenvalue weighted by atomic mass is 19.4. The first-order valence-corrected chi connectivity index (χ1v) is 43.1. The van der Waals surface area contributed by atoms with Crippen LogP contribution in [0.1, 0.15) is 176 Å². The van der Waals surface area contributed by atoms with E-state index < -0.39 is 58.7 Å². The van der Waals surface area contributed by atoms with Crippen molar-refractivity contribution in [2.75, 3.05) is 47.4 Å². The van der Waals surface area contributed by atoms with Gasteiger partial charge >= 0.3 is 12.1 Å². The summed E-state index contributed by atoms with van der Waals surface area (Å²) in [6, 6.07) is 35.2. The molecule has 12 N–H and O–H groups in total. The van der Waals surface area contributed by atoms with Crippen molar-refractivity contribution in [3.05, 3.63) is 279 Å². The number of nitrogens with zero attached hydrogens (tertiary/aromatic N) is 17. The number of hydrogen-bond acceptors (Lipinski definition) is 25. The maximum atomic E-state index is 15.4. The first-order valence-electron chi connectivity index (χ1n) is 43.1. The van der Waals surface area contributed by atoms with Gasteiger partial charge in [-0.3, -0.25) is 19.4 Å². The van der Waals surface area contributed by atoms with Crippen LogP contribution in [0.5, 0.6) is 0 Å². The number of nitrogens with two attached hydrogens (primary N) is 4. The number of amides is 3. The second-order valence-corrected chi connectivity index (χ2v) is 33.9. The minimum Gasteiger partial charge on any atom is -0.402 e. The van der Waals surface area contributed by atoms with Crippen LogP contribution in [0.2, 0.25) is 0 Å². The quantitative estimate of drug-likeness (QED) is 0.0167. The van der Waals surface area contributed by atoms with E-state index in [9.17, 15) is 45.1 Å². The normalized spacial score (nSPS) is 15.2. The largest absolute Gasteiger partial charge is 0.435 e. The van der Waals surface area contributed by atoms with E-state index in [-0.39, 0.29) is 126 Å². The van der Waals surface area contributed by atoms with Crippen molar-refractivity contribution in [2.24, 2.45) is 34.8 Å². The number of benzene rings is 4. The molecule has 28 nitrogen and oxygen atoms in total. The number of primary amides is 3. The monoisotopic (exact) mass is 1830 g/mol. The molecule has 0 unspecified atom stereocenters. The number of halogens is 11. The van der Waals surface area contributed by atoms with Gasteiger partial charge < -0.3 is 63.8 Å². The fraction of sp³-hybridized carbons (Fsp3) is 0.376. The van der Waals surface area contributed by atoms with Crippen LogP contribution in [-0.2, 0) is 97.5 Å². The zero-order valence-electron chi connectivity index (χ0n) is 73.0. The number of pyridine rings is 1. The molecule has 7 aromatic heterocycles. The molecular formula is C93H102F11N25O3. The van der Waals surface area contributed by atoms with E-state index in [0.717, 1.165) is 121 Å². The van der Waals surface area contributed by atoms with Crippen LogP contribution in [0.15, 0.2) is 178 Å². The average Bonchev–Trinajstić information content (AvgIpc) is 1.67. The first-order chi connectivity index (χ1) is 63.0. The fourth-order valence-corrected chi connectivity index (χ4v) is 14.5. The van der Waals surface area contributed by atoms with Gasteiger partial charge in [0.25, 0.3) is 5.92 Å². The van der Waals surface area contributed by atoms with Crippen LogP contribution in [-0.4, -0.2) is 113 Å². The van der Waals surface area contributed by atoms with Crippen LogP contribution < -0.4 is 63.8 Å². The van der Waals surface area contributed by atoms with E-state index in [4.69, 9.17) is 22.9 Å². The zero-order chi connectivity index (χ0) is 94.1. The van der Waals surface area contributed by atoms with E-state index in [1.165, 1.54) is 55.9 Å². The number of rotatable bonds is 38. The lowest BCUT2D eigenvalue weighted by Crippen LogP contribution is -2.38. The number of carbonyl (C=O) groups is 3. The van der Waals surface area contributed by atoms with Crippen LogP contribution >= 0.6 is 0 Å². The van der Waals surface area contributed by atoms with Gasteiger partial charge in [-0.05, 0) is 139 Å². The van der Waals surface area contributed by atoms with Gasteiger partial charge in [0.05, 0.1) is 25.1 Å². The molecule has 7 heterocycles. The fourth-order valence-electron chi connectivity index (χ4n) is 14.5. The Labute approximate surface area is 755 Å². The summed E-state index contributed by atoms with van der Waals surface area (Å²) in [6.45, 7) is 12.3. The van der Waals surface area contributed by atoms with Crippen molar-refractivity contribution < 1.29 is 62.7 Å². The molecule has 0 bridgehead atoms. The van der Waals surface area contributed by atoms with Crippen LogP contribution in [0, 0.1) is 35.1 Å². The van der Waals surface area contributed by atoms with Crippen molar-refractivity contribution in [1.82, 2.24) is 65.0 Å². The third-order valence-corrected chi connectivity index (χ3v) is 22.4. The predicted octanol–water partition coefficient (Wildman–Crippen LogP) is 15.3. The van der Waals surface area contributed by atoms with Crippen molar-refractivity contribution >= 4 is 64.3 Å². The summed E-state index contributed by atoms with van der Waals surface area (Å²) in [5, 5.41) is 19.0. The van der Waals surface area contributed by atoms with Gasteiger partial charge in [-0.1, -0.05) is 124 Å². The summed E-state index contributed by atoms with van der Waals surface area (Å²) in [6.07, 6.45) is 14.8. The topological polar surface area (TPSA) is 384 Å². The number of aromatic nitrogens is 13. The van der Waals surface area contributed by atoms with Gasteiger partial charge in [0.2, 0.25) is 41.0 Å². The van der Waals surface area contributed by atoms with Crippen molar-refractivity contribution in [2.45, 2.75) is 205 Å². The molecule has 4 aromatic carbocycles. The van der Waals surface area contributed by atoms with E-state index in [1.807, 2.05) is 82.7 Å². The molecule has 5 saturated carbocycles. The standard InChI is InChI=1S/C25H29FN6O.C23H23F4N7.C23H24F3N7O.C22H26F3N5O/c1-16(2)21-10-7-19(13-28-21)14-32(20-8-9-20)25-23(26)24(30-15-31-25)29-12-18-5-3-17(4-6-18)11-22(27)33;1-14(28)10-15-2-4-16(5-3-15)11-29-21-20(24)22(31-13-30-21)34(18-7-8-18)12-17-6-9-19(33-32-17)23(25,26)27;1-23(25,26)22-29-10-16(11-30-22)12-33(17-6-7-17)21-19(24)20(31-13-32-21)28-9-15-4-2-14(3-5-15)8-18(27)34;1-22(24,25)16-4-2-13(3-5-16)11-30(17-6-7-17)21-18(23)20(28-12-29-21)27-10-14-8-15(9-14)19(26)31/h3-7,10,13,15-16,20H,8-9,11-12,14H2,1-2H3,(H2,27,33)(H,29,30,31);2-6,9,13,18H,1,7-8,10-12,28H2,(H,29,30,31);2-5,10-11,13,17H,6-9,12H2,1H3,(H2,27,34)(H,28,31,32);2-5,12,14-15,17H,6-11H2,1H3,(H2,26,31)(H,27,28,29). The summed E-state index contributed by atoms with van der Waals surface area (Å²) in [5.41, 5.74) is 29.9. The molecule has 0 saturated heterocycles. The number of carbonyl (C=O) groups excluding carboxylic acids is 3. The second-order valence-electron chi connectivity index (χ2n) is 33.9. The van der Waals surface area contributed by atoms with Crippen molar-refractivity contribution in [3.63, 3.8) is 0 Å². The maximum Gasteiger partial charge on any atom is 0.435 e. The Bertz CT molecular complexity index is 5550.